The second-order valence-corrected chi connectivity index (χ2v) is 2.41. The van der Waals surface area contributed by atoms with Crippen LogP contribution in [0.4, 0.5) is 0 Å². The number of ether oxygens (including phenoxy) is 1. The van der Waals surface area contributed by atoms with E-state index in [1.54, 1.807) is 13.2 Å². The quantitative estimate of drug-likeness (QED) is 0.215. The van der Waals surface area contributed by atoms with Gasteiger partial charge in [-0.15, -0.1) is 0 Å². The molecule has 0 saturated heterocycles. The number of hydrogen-bond donors (Lipinski definition) is 0. The molecular weight excluding hydrogens is 168 g/mol. The third-order valence-electron chi connectivity index (χ3n) is 1.71. The van der Waals surface area contributed by atoms with Crippen LogP contribution >= 0.6 is 0 Å². The van der Waals surface area contributed by atoms with Gasteiger partial charge in [0.25, 0.3) is 0 Å². The number of aldehydes is 1. The maximum absolute atomic E-state index is 10.4. The van der Waals surface area contributed by atoms with Crippen LogP contribution in [-0.4, -0.2) is 37.7 Å². The molecule has 0 saturated carbocycles. The molecule has 0 N–H and O–H groups in total. The van der Waals surface area contributed by atoms with Gasteiger partial charge in [0.15, 0.2) is 12.0 Å². The van der Waals surface area contributed by atoms with E-state index in [2.05, 4.69) is 4.99 Å². The van der Waals surface area contributed by atoms with Crippen molar-refractivity contribution in [2.24, 2.45) is 4.99 Å². The number of allylic oxidation sites excluding steroid dienone is 1. The summed E-state index contributed by atoms with van der Waals surface area (Å²) in [6.45, 7) is 4.60. The summed E-state index contributed by atoms with van der Waals surface area (Å²) in [4.78, 5) is 16.3. The van der Waals surface area contributed by atoms with Crippen molar-refractivity contribution in [3.8, 4) is 0 Å². The first kappa shape index (κ1) is 11.7. The van der Waals surface area contributed by atoms with Crippen molar-refractivity contribution in [1.29, 1.82) is 0 Å². The zero-order valence-corrected chi connectivity index (χ0v) is 8.57. The number of aliphatic imine (C=N–C) groups is 1. The molecule has 0 fully saturated rings. The van der Waals surface area contributed by atoms with E-state index in [0.29, 0.717) is 12.0 Å². The van der Waals surface area contributed by atoms with Gasteiger partial charge in [0, 0.05) is 13.6 Å². The van der Waals surface area contributed by atoms with Crippen LogP contribution in [-0.2, 0) is 9.53 Å². The van der Waals surface area contributed by atoms with Crippen LogP contribution in [0.5, 0.6) is 0 Å². The molecule has 13 heavy (non-hydrogen) atoms. The van der Waals surface area contributed by atoms with E-state index in [9.17, 15) is 4.79 Å². The highest BCUT2D eigenvalue weighted by Crippen LogP contribution is 1.98. The lowest BCUT2D eigenvalue weighted by molar-refractivity contribution is -0.107. The molecule has 0 radical (unpaired) electrons. The molecule has 0 aliphatic heterocycles. The fraction of sp³-hybridized carbons (Fsp3) is 0.556. The maximum atomic E-state index is 10.4. The Labute approximate surface area is 78.9 Å². The second-order valence-electron chi connectivity index (χ2n) is 2.41. The van der Waals surface area contributed by atoms with E-state index in [-0.39, 0.29) is 0 Å². The smallest absolute Gasteiger partial charge is 0.186 e. The monoisotopic (exact) mass is 184 g/mol. The fourth-order valence-corrected chi connectivity index (χ4v) is 0.827. The molecule has 0 aliphatic carbocycles. The van der Waals surface area contributed by atoms with Gasteiger partial charge in [-0.2, -0.15) is 0 Å². The van der Waals surface area contributed by atoms with Crippen LogP contribution in [0.1, 0.15) is 13.8 Å². The predicted molar refractivity (Wildman–Crippen MR) is 52.6 cm³/mol. The summed E-state index contributed by atoms with van der Waals surface area (Å²) in [5.74, 6) is 1.14. The van der Waals surface area contributed by atoms with Crippen LogP contribution < -0.4 is 0 Å². The molecule has 4 heteroatoms. The number of nitrogens with zero attached hydrogens (tertiary/aromatic N) is 2. The molecule has 4 nitrogen and oxygen atoms in total. The molecule has 0 aromatic heterocycles. The molecule has 0 atom stereocenters. The van der Waals surface area contributed by atoms with Gasteiger partial charge in [-0.1, -0.05) is 0 Å². The van der Waals surface area contributed by atoms with Crippen LogP contribution in [0.3, 0.4) is 0 Å². The average molecular weight is 184 g/mol. The van der Waals surface area contributed by atoms with Gasteiger partial charge in [0.2, 0.25) is 0 Å². The highest BCUT2D eigenvalue weighted by Gasteiger charge is 2.02. The lowest BCUT2D eigenvalue weighted by Gasteiger charge is -2.17. The van der Waals surface area contributed by atoms with Gasteiger partial charge in [-0.25, -0.2) is 0 Å². The highest BCUT2D eigenvalue weighted by atomic mass is 16.5. The van der Waals surface area contributed by atoms with Crippen LogP contribution in [0.2, 0.25) is 0 Å². The van der Waals surface area contributed by atoms with Crippen molar-refractivity contribution >= 4 is 12.1 Å². The lowest BCUT2D eigenvalue weighted by Crippen LogP contribution is -2.23. The third kappa shape index (κ3) is 3.73. The van der Waals surface area contributed by atoms with Crippen LogP contribution in [0, 0.1) is 0 Å². The second kappa shape index (κ2) is 6.22. The summed E-state index contributed by atoms with van der Waals surface area (Å²) in [5.41, 5.74) is 0. The number of amidine groups is 1. The molecule has 0 aromatic carbocycles. The van der Waals surface area contributed by atoms with Gasteiger partial charge in [-0.05, 0) is 13.8 Å². The third-order valence-corrected chi connectivity index (χ3v) is 1.71. The van der Waals surface area contributed by atoms with E-state index >= 15 is 0 Å². The van der Waals surface area contributed by atoms with Gasteiger partial charge in [0.05, 0.1) is 19.1 Å². The topological polar surface area (TPSA) is 41.9 Å². The summed E-state index contributed by atoms with van der Waals surface area (Å²) >= 11 is 0. The molecule has 0 heterocycles. The van der Waals surface area contributed by atoms with Crippen LogP contribution in [0.25, 0.3) is 0 Å². The number of carbonyl (C=O) groups excluding carboxylic acids is 1. The van der Waals surface area contributed by atoms with Crippen molar-refractivity contribution < 1.29 is 9.53 Å². The van der Waals surface area contributed by atoms with E-state index in [1.807, 2.05) is 18.7 Å². The van der Waals surface area contributed by atoms with Gasteiger partial charge >= 0.3 is 0 Å². The number of rotatable bonds is 4. The molecule has 0 spiro atoms. The van der Waals surface area contributed by atoms with E-state index in [1.165, 1.54) is 7.11 Å². The minimum Gasteiger partial charge on any atom is -0.492 e. The number of methoxy groups -OCH3 is 1. The first-order valence-electron chi connectivity index (χ1n) is 4.10. The zero-order chi connectivity index (χ0) is 10.3. The van der Waals surface area contributed by atoms with Gasteiger partial charge < -0.3 is 9.64 Å². The van der Waals surface area contributed by atoms with Gasteiger partial charge in [0.1, 0.15) is 0 Å². The van der Waals surface area contributed by atoms with E-state index in [4.69, 9.17) is 4.74 Å². The Balaban J connectivity index is 4.59. The SMILES string of the molecule is CCN(/C=C(\C=O)OC)C(C)=NC. The van der Waals surface area contributed by atoms with Gasteiger partial charge in [-0.3, -0.25) is 9.79 Å². The molecule has 74 valence electrons. The zero-order valence-electron chi connectivity index (χ0n) is 8.57. The summed E-state index contributed by atoms with van der Waals surface area (Å²) in [6.07, 6.45) is 2.31. The summed E-state index contributed by atoms with van der Waals surface area (Å²) in [6, 6.07) is 0. The average Bonchev–Trinajstić information content (AvgIpc) is 2.19. The van der Waals surface area contributed by atoms with Crippen molar-refractivity contribution in [1.82, 2.24) is 4.90 Å². The van der Waals surface area contributed by atoms with Crippen LogP contribution in [0.15, 0.2) is 17.0 Å². The minimum atomic E-state index is 0.296. The standard InChI is InChI=1S/C9H16N2O2/c1-5-11(8(2)10-3)6-9(7-12)13-4/h6-7H,5H2,1-4H3/b9-6+,10-8?. The van der Waals surface area contributed by atoms with Crippen molar-refractivity contribution in [3.63, 3.8) is 0 Å². The molecule has 0 aliphatic rings. The molecule has 0 amide bonds. The number of hydrogen-bond acceptors (Lipinski definition) is 3. The van der Waals surface area contributed by atoms with E-state index in [0.717, 1.165) is 12.4 Å². The first-order valence-corrected chi connectivity index (χ1v) is 4.10. The Kier molecular flexibility index (Phi) is 5.59. The first-order chi connectivity index (χ1) is 6.19. The Morgan fingerprint density at radius 2 is 2.23 bits per heavy atom. The highest BCUT2D eigenvalue weighted by molar-refractivity contribution is 5.81. The molecule has 0 unspecified atom stereocenters. The van der Waals surface area contributed by atoms with E-state index < -0.39 is 0 Å². The predicted octanol–water partition coefficient (Wildman–Crippen LogP) is 1.04. The molecule has 0 aromatic rings. The van der Waals surface area contributed by atoms with Crippen molar-refractivity contribution in [2.45, 2.75) is 13.8 Å². The Hall–Kier alpha value is -1.32. The van der Waals surface area contributed by atoms with Crippen molar-refractivity contribution in [3.05, 3.63) is 12.0 Å². The fourth-order valence-electron chi connectivity index (χ4n) is 0.827. The normalized spacial score (nSPS) is 12.6. The summed E-state index contributed by atoms with van der Waals surface area (Å²) in [5, 5.41) is 0. The summed E-state index contributed by atoms with van der Waals surface area (Å²) < 4.78 is 4.82. The summed E-state index contributed by atoms with van der Waals surface area (Å²) in [7, 11) is 3.17. The lowest BCUT2D eigenvalue weighted by atomic mass is 10.4. The Morgan fingerprint density at radius 3 is 2.54 bits per heavy atom. The minimum absolute atomic E-state index is 0.296. The molecule has 0 rings (SSSR count). The molecule has 0 bridgehead atoms. The number of carbonyl (C=O) groups is 1. The Morgan fingerprint density at radius 1 is 1.62 bits per heavy atom. The Bertz CT molecular complexity index is 222. The van der Waals surface area contributed by atoms with Crippen molar-refractivity contribution in [2.75, 3.05) is 20.7 Å². The maximum Gasteiger partial charge on any atom is 0.186 e. The molecular formula is C9H16N2O2. The largest absolute Gasteiger partial charge is 0.492 e.